The van der Waals surface area contributed by atoms with E-state index in [0.29, 0.717) is 0 Å². The minimum absolute atomic E-state index is 0. The predicted molar refractivity (Wildman–Crippen MR) is 179 cm³/mol. The quantitative estimate of drug-likeness (QED) is 0.169. The molecule has 45 heavy (non-hydrogen) atoms. The fourth-order valence-corrected chi connectivity index (χ4v) is 4.78. The second kappa shape index (κ2) is 15.9. The van der Waals surface area contributed by atoms with Crippen molar-refractivity contribution in [3.05, 3.63) is 183 Å². The molecule has 4 heterocycles. The van der Waals surface area contributed by atoms with E-state index < -0.39 is 0 Å². The summed E-state index contributed by atoms with van der Waals surface area (Å²) >= 11 is 0. The maximum atomic E-state index is 4.45. The van der Waals surface area contributed by atoms with Gasteiger partial charge in [0.1, 0.15) is 0 Å². The Hall–Kier alpha value is -5.35. The fourth-order valence-electron chi connectivity index (χ4n) is 4.78. The van der Waals surface area contributed by atoms with Crippen LogP contribution in [0.3, 0.4) is 0 Å². The molecular formula is C40H28IrN4-2. The average Bonchev–Trinajstić information content (AvgIpc) is 3.13. The monoisotopic (exact) mass is 757 g/mol. The van der Waals surface area contributed by atoms with Gasteiger partial charge in [0.15, 0.2) is 0 Å². The van der Waals surface area contributed by atoms with E-state index in [1.54, 1.807) is 12.4 Å². The van der Waals surface area contributed by atoms with Crippen LogP contribution in [0.15, 0.2) is 170 Å². The molecule has 0 saturated carbocycles. The SMILES string of the molecule is [Ir].[c-]1ccccc1-c1nccc2ccccc12.[c-]1ccccc1-c1nccc2ccccc12.c1ccc(-c2ccccn2)nc1. The molecule has 0 aliphatic carbocycles. The van der Waals surface area contributed by atoms with Gasteiger partial charge in [0.2, 0.25) is 0 Å². The van der Waals surface area contributed by atoms with Crippen LogP contribution in [0.5, 0.6) is 0 Å². The first-order valence-corrected chi connectivity index (χ1v) is 14.3. The first kappa shape index (κ1) is 31.1. The molecule has 219 valence electrons. The van der Waals surface area contributed by atoms with E-state index in [9.17, 15) is 0 Å². The third kappa shape index (κ3) is 7.98. The third-order valence-electron chi connectivity index (χ3n) is 6.87. The molecule has 0 spiro atoms. The van der Waals surface area contributed by atoms with Gasteiger partial charge in [-0.25, -0.2) is 0 Å². The van der Waals surface area contributed by atoms with Crippen LogP contribution in [0.4, 0.5) is 0 Å². The maximum absolute atomic E-state index is 4.45. The smallest absolute Gasteiger partial charge is 0.0886 e. The zero-order valence-electron chi connectivity index (χ0n) is 24.3. The summed E-state index contributed by atoms with van der Waals surface area (Å²) in [6.07, 6.45) is 7.23. The van der Waals surface area contributed by atoms with E-state index in [2.05, 4.69) is 56.3 Å². The molecule has 0 bridgehead atoms. The molecule has 1 radical (unpaired) electrons. The van der Waals surface area contributed by atoms with E-state index in [0.717, 1.165) is 33.9 Å². The molecule has 0 N–H and O–H groups in total. The van der Waals surface area contributed by atoms with Crippen LogP contribution in [0, 0.1) is 12.1 Å². The number of hydrogen-bond acceptors (Lipinski definition) is 4. The molecule has 4 aromatic carbocycles. The number of benzene rings is 4. The minimum atomic E-state index is 0. The normalized spacial score (nSPS) is 10.0. The molecule has 5 heteroatoms. The van der Waals surface area contributed by atoms with Crippen LogP contribution in [-0.4, -0.2) is 19.9 Å². The summed E-state index contributed by atoms with van der Waals surface area (Å²) in [5.74, 6) is 0. The van der Waals surface area contributed by atoms with Gasteiger partial charge in [-0.3, -0.25) is 9.97 Å². The van der Waals surface area contributed by atoms with Gasteiger partial charge in [-0.2, -0.15) is 0 Å². The van der Waals surface area contributed by atoms with Gasteiger partial charge < -0.3 is 9.97 Å². The number of fused-ring (bicyclic) bond motifs is 2. The zero-order chi connectivity index (χ0) is 29.8. The van der Waals surface area contributed by atoms with Crippen molar-refractivity contribution < 1.29 is 20.1 Å². The van der Waals surface area contributed by atoms with Crippen LogP contribution in [0.1, 0.15) is 0 Å². The second-order valence-electron chi connectivity index (χ2n) is 9.74. The summed E-state index contributed by atoms with van der Waals surface area (Å²) in [5, 5.41) is 4.77. The Bertz CT molecular complexity index is 1890. The van der Waals surface area contributed by atoms with Gasteiger partial charge in [-0.15, -0.1) is 71.8 Å². The molecule has 4 nitrogen and oxygen atoms in total. The Kier molecular flexibility index (Phi) is 11.0. The predicted octanol–water partition coefficient (Wildman–Crippen LogP) is 9.55. The summed E-state index contributed by atoms with van der Waals surface area (Å²) in [4.78, 5) is 17.3. The van der Waals surface area contributed by atoms with Crippen molar-refractivity contribution in [1.82, 2.24) is 19.9 Å². The molecule has 4 aromatic heterocycles. The van der Waals surface area contributed by atoms with Gasteiger partial charge in [0, 0.05) is 44.9 Å². The molecule has 8 rings (SSSR count). The van der Waals surface area contributed by atoms with E-state index >= 15 is 0 Å². The Labute approximate surface area is 276 Å². The van der Waals surface area contributed by atoms with Crippen LogP contribution >= 0.6 is 0 Å². The first-order chi connectivity index (χ1) is 21.9. The van der Waals surface area contributed by atoms with Crippen molar-refractivity contribution in [3.63, 3.8) is 0 Å². The molecule has 0 aliphatic rings. The minimum Gasteiger partial charge on any atom is -0.304 e. The van der Waals surface area contributed by atoms with Crippen molar-refractivity contribution >= 4 is 21.5 Å². The van der Waals surface area contributed by atoms with Crippen molar-refractivity contribution in [1.29, 1.82) is 0 Å². The number of pyridine rings is 4. The fraction of sp³-hybridized carbons (Fsp3) is 0. The molecule has 0 amide bonds. The van der Waals surface area contributed by atoms with Gasteiger partial charge in [0.05, 0.1) is 11.4 Å². The largest absolute Gasteiger partial charge is 0.304 e. The molecule has 0 unspecified atom stereocenters. The Balaban J connectivity index is 0.000000134. The van der Waals surface area contributed by atoms with Gasteiger partial charge in [-0.1, -0.05) is 60.7 Å². The zero-order valence-corrected chi connectivity index (χ0v) is 26.7. The summed E-state index contributed by atoms with van der Waals surface area (Å²) in [5.41, 5.74) is 5.91. The molecule has 0 saturated heterocycles. The van der Waals surface area contributed by atoms with Crippen LogP contribution in [-0.2, 0) is 20.1 Å². The van der Waals surface area contributed by atoms with E-state index in [-0.39, 0.29) is 20.1 Å². The van der Waals surface area contributed by atoms with Gasteiger partial charge in [0.25, 0.3) is 0 Å². The Morgan fingerprint density at radius 2 is 0.778 bits per heavy atom. The third-order valence-corrected chi connectivity index (χ3v) is 6.87. The van der Waals surface area contributed by atoms with Crippen LogP contribution in [0.2, 0.25) is 0 Å². The number of hydrogen-bond donors (Lipinski definition) is 0. The summed E-state index contributed by atoms with van der Waals surface area (Å²) in [7, 11) is 0. The topological polar surface area (TPSA) is 51.6 Å². The molecule has 0 fully saturated rings. The summed E-state index contributed by atoms with van der Waals surface area (Å²) in [6, 6.07) is 54.5. The summed E-state index contributed by atoms with van der Waals surface area (Å²) < 4.78 is 0. The van der Waals surface area contributed by atoms with E-state index in [1.807, 2.05) is 134 Å². The van der Waals surface area contributed by atoms with Crippen LogP contribution < -0.4 is 0 Å². The van der Waals surface area contributed by atoms with Gasteiger partial charge >= 0.3 is 0 Å². The Morgan fingerprint density at radius 1 is 0.356 bits per heavy atom. The second-order valence-corrected chi connectivity index (χ2v) is 9.74. The van der Waals surface area contributed by atoms with Crippen molar-refractivity contribution in [2.24, 2.45) is 0 Å². The first-order valence-electron chi connectivity index (χ1n) is 14.3. The molecule has 0 atom stereocenters. The van der Waals surface area contributed by atoms with Crippen molar-refractivity contribution in [2.45, 2.75) is 0 Å². The standard InChI is InChI=1S/2C15H10N.C10H8N2.Ir/c2*1-2-7-13(8-3-1)15-14-9-5-4-6-12(14)10-11-16-15;1-3-7-11-9(5-1)10-6-2-4-8-12-10;/h2*1-7,9-11H;1-8H;/q2*-1;;. The van der Waals surface area contributed by atoms with Crippen LogP contribution in [0.25, 0.3) is 55.4 Å². The number of aromatic nitrogens is 4. The van der Waals surface area contributed by atoms with E-state index in [4.69, 9.17) is 0 Å². The Morgan fingerprint density at radius 3 is 1.18 bits per heavy atom. The van der Waals surface area contributed by atoms with Crippen molar-refractivity contribution in [3.8, 4) is 33.9 Å². The molecule has 8 aromatic rings. The molecule has 0 aliphatic heterocycles. The molecular weight excluding hydrogens is 729 g/mol. The van der Waals surface area contributed by atoms with Gasteiger partial charge in [-0.05, 0) is 69.3 Å². The summed E-state index contributed by atoms with van der Waals surface area (Å²) in [6.45, 7) is 0. The number of rotatable bonds is 3. The van der Waals surface area contributed by atoms with Crippen molar-refractivity contribution in [2.75, 3.05) is 0 Å². The maximum Gasteiger partial charge on any atom is 0.0886 e. The average molecular weight is 757 g/mol. The number of nitrogens with zero attached hydrogens (tertiary/aromatic N) is 4. The van der Waals surface area contributed by atoms with E-state index in [1.165, 1.54) is 21.5 Å².